The summed E-state index contributed by atoms with van der Waals surface area (Å²) in [5.74, 6) is 0. The molecule has 1 nitrogen and oxygen atoms in total. The molecular weight excluding hydrogens is 226 g/mol. The van der Waals surface area contributed by atoms with Gasteiger partial charge in [-0.2, -0.15) is 0 Å². The van der Waals surface area contributed by atoms with Gasteiger partial charge in [0.25, 0.3) is 0 Å². The zero-order valence-electron chi connectivity index (χ0n) is 10.7. The van der Waals surface area contributed by atoms with Gasteiger partial charge in [0.05, 0.1) is 0 Å². The first-order chi connectivity index (χ1) is 8.38. The van der Waals surface area contributed by atoms with Crippen LogP contribution in [0.5, 0.6) is 0 Å². The SMILES string of the molecule is CSc1cccc(NC2CCCCCCC2)c1. The number of anilines is 1. The van der Waals surface area contributed by atoms with Crippen LogP contribution < -0.4 is 5.32 Å². The van der Waals surface area contributed by atoms with Gasteiger partial charge in [-0.3, -0.25) is 0 Å². The Labute approximate surface area is 109 Å². The van der Waals surface area contributed by atoms with Crippen LogP contribution in [0.25, 0.3) is 0 Å². The van der Waals surface area contributed by atoms with Crippen molar-refractivity contribution in [3.8, 4) is 0 Å². The van der Waals surface area contributed by atoms with Crippen LogP contribution in [0.1, 0.15) is 44.9 Å². The Morgan fingerprint density at radius 3 is 2.47 bits per heavy atom. The molecule has 1 aromatic rings. The van der Waals surface area contributed by atoms with E-state index in [0.29, 0.717) is 6.04 Å². The van der Waals surface area contributed by atoms with Crippen LogP contribution in [0, 0.1) is 0 Å². The first kappa shape index (κ1) is 12.8. The van der Waals surface area contributed by atoms with Crippen molar-refractivity contribution in [2.75, 3.05) is 11.6 Å². The average molecular weight is 249 g/mol. The fourth-order valence-corrected chi connectivity index (χ4v) is 3.01. The van der Waals surface area contributed by atoms with Gasteiger partial charge in [-0.25, -0.2) is 0 Å². The Balaban J connectivity index is 1.93. The Kier molecular flexibility index (Phi) is 5.24. The zero-order valence-corrected chi connectivity index (χ0v) is 11.6. The third kappa shape index (κ3) is 4.27. The highest BCUT2D eigenvalue weighted by atomic mass is 32.2. The molecule has 1 aliphatic carbocycles. The molecule has 1 fully saturated rings. The van der Waals surface area contributed by atoms with Gasteiger partial charge >= 0.3 is 0 Å². The Morgan fingerprint density at radius 2 is 1.76 bits per heavy atom. The van der Waals surface area contributed by atoms with Gasteiger partial charge in [-0.05, 0) is 37.3 Å². The molecule has 1 aromatic carbocycles. The molecule has 0 unspecified atom stereocenters. The monoisotopic (exact) mass is 249 g/mol. The van der Waals surface area contributed by atoms with E-state index >= 15 is 0 Å². The molecule has 1 N–H and O–H groups in total. The zero-order chi connectivity index (χ0) is 11.9. The Morgan fingerprint density at radius 1 is 1.06 bits per heavy atom. The van der Waals surface area contributed by atoms with E-state index in [2.05, 4.69) is 35.8 Å². The van der Waals surface area contributed by atoms with E-state index < -0.39 is 0 Å². The third-order valence-electron chi connectivity index (χ3n) is 3.55. The molecule has 0 heterocycles. The van der Waals surface area contributed by atoms with Gasteiger partial charge in [0.1, 0.15) is 0 Å². The summed E-state index contributed by atoms with van der Waals surface area (Å²) in [5, 5.41) is 3.71. The smallest absolute Gasteiger partial charge is 0.0353 e. The summed E-state index contributed by atoms with van der Waals surface area (Å²) >= 11 is 1.81. The van der Waals surface area contributed by atoms with Crippen LogP contribution in [-0.4, -0.2) is 12.3 Å². The van der Waals surface area contributed by atoms with Crippen molar-refractivity contribution in [1.82, 2.24) is 0 Å². The summed E-state index contributed by atoms with van der Waals surface area (Å²) in [5.41, 5.74) is 1.29. The number of rotatable bonds is 3. The van der Waals surface area contributed by atoms with Crippen LogP contribution in [0.15, 0.2) is 29.2 Å². The van der Waals surface area contributed by atoms with Crippen LogP contribution >= 0.6 is 11.8 Å². The predicted octanol–water partition coefficient (Wildman–Crippen LogP) is 4.93. The van der Waals surface area contributed by atoms with Crippen LogP contribution in [0.4, 0.5) is 5.69 Å². The normalized spacial score (nSPS) is 18.4. The molecule has 94 valence electrons. The number of thioether (sulfide) groups is 1. The second-order valence-electron chi connectivity index (χ2n) is 4.92. The van der Waals surface area contributed by atoms with Crippen molar-refractivity contribution in [3.05, 3.63) is 24.3 Å². The molecule has 0 aromatic heterocycles. The highest BCUT2D eigenvalue weighted by molar-refractivity contribution is 7.98. The predicted molar refractivity (Wildman–Crippen MR) is 78.0 cm³/mol. The standard InChI is InChI=1S/C15H23NS/c1-17-15-11-7-10-14(12-15)16-13-8-5-3-2-4-6-9-13/h7,10-13,16H,2-6,8-9H2,1H3. The molecule has 17 heavy (non-hydrogen) atoms. The molecular formula is C15H23NS. The molecule has 2 rings (SSSR count). The maximum Gasteiger partial charge on any atom is 0.0353 e. The first-order valence-corrected chi connectivity index (χ1v) is 8.01. The molecule has 0 spiro atoms. The van der Waals surface area contributed by atoms with Gasteiger partial charge in [-0.15, -0.1) is 11.8 Å². The van der Waals surface area contributed by atoms with Crippen molar-refractivity contribution in [1.29, 1.82) is 0 Å². The molecule has 2 heteroatoms. The second-order valence-corrected chi connectivity index (χ2v) is 5.80. The largest absolute Gasteiger partial charge is 0.382 e. The van der Waals surface area contributed by atoms with Crippen LogP contribution in [0.2, 0.25) is 0 Å². The van der Waals surface area contributed by atoms with Gasteiger partial charge in [0, 0.05) is 16.6 Å². The summed E-state index contributed by atoms with van der Waals surface area (Å²) in [6.45, 7) is 0. The fourth-order valence-electron chi connectivity index (χ4n) is 2.55. The second kappa shape index (κ2) is 6.95. The van der Waals surface area contributed by atoms with Crippen LogP contribution in [-0.2, 0) is 0 Å². The summed E-state index contributed by atoms with van der Waals surface area (Å²) in [6.07, 6.45) is 11.9. The van der Waals surface area contributed by atoms with Crippen molar-refractivity contribution >= 4 is 17.4 Å². The van der Waals surface area contributed by atoms with Gasteiger partial charge in [-0.1, -0.05) is 38.2 Å². The van der Waals surface area contributed by atoms with Crippen molar-refractivity contribution < 1.29 is 0 Å². The third-order valence-corrected chi connectivity index (χ3v) is 4.27. The summed E-state index contributed by atoms with van der Waals surface area (Å²) in [7, 11) is 0. The highest BCUT2D eigenvalue weighted by Gasteiger charge is 2.10. The number of nitrogens with one attached hydrogen (secondary N) is 1. The van der Waals surface area contributed by atoms with E-state index in [0.717, 1.165) is 0 Å². The summed E-state index contributed by atoms with van der Waals surface area (Å²) in [6, 6.07) is 9.47. The molecule has 0 atom stereocenters. The molecule has 0 radical (unpaired) electrons. The number of hydrogen-bond donors (Lipinski definition) is 1. The van der Waals surface area contributed by atoms with Gasteiger partial charge in [0.15, 0.2) is 0 Å². The maximum atomic E-state index is 3.71. The Hall–Kier alpha value is -0.630. The number of benzene rings is 1. The van der Waals surface area contributed by atoms with Crippen molar-refractivity contribution in [2.24, 2.45) is 0 Å². The summed E-state index contributed by atoms with van der Waals surface area (Å²) < 4.78 is 0. The van der Waals surface area contributed by atoms with E-state index in [4.69, 9.17) is 0 Å². The minimum absolute atomic E-state index is 0.687. The lowest BCUT2D eigenvalue weighted by molar-refractivity contribution is 0.471. The van der Waals surface area contributed by atoms with E-state index in [9.17, 15) is 0 Å². The number of hydrogen-bond acceptors (Lipinski definition) is 2. The lowest BCUT2D eigenvalue weighted by Crippen LogP contribution is -2.20. The maximum absolute atomic E-state index is 3.71. The summed E-state index contributed by atoms with van der Waals surface area (Å²) in [4.78, 5) is 1.35. The van der Waals surface area contributed by atoms with Crippen LogP contribution in [0.3, 0.4) is 0 Å². The molecule has 1 saturated carbocycles. The van der Waals surface area contributed by atoms with Crippen molar-refractivity contribution in [3.63, 3.8) is 0 Å². The molecule has 0 saturated heterocycles. The van der Waals surface area contributed by atoms with Crippen molar-refractivity contribution in [2.45, 2.75) is 55.9 Å². The van der Waals surface area contributed by atoms with E-state index in [1.54, 1.807) is 0 Å². The molecule has 0 aliphatic heterocycles. The average Bonchev–Trinajstić information content (AvgIpc) is 2.33. The topological polar surface area (TPSA) is 12.0 Å². The van der Waals surface area contributed by atoms with Gasteiger partial charge in [0.2, 0.25) is 0 Å². The lowest BCUT2D eigenvalue weighted by Gasteiger charge is -2.22. The van der Waals surface area contributed by atoms with E-state index in [-0.39, 0.29) is 0 Å². The lowest BCUT2D eigenvalue weighted by atomic mass is 9.96. The van der Waals surface area contributed by atoms with E-state index in [1.807, 2.05) is 11.8 Å². The molecule has 1 aliphatic rings. The quantitative estimate of drug-likeness (QED) is 0.762. The van der Waals surface area contributed by atoms with E-state index in [1.165, 1.54) is 55.5 Å². The Bertz CT molecular complexity index is 329. The first-order valence-electron chi connectivity index (χ1n) is 6.79. The molecule has 0 amide bonds. The fraction of sp³-hybridized carbons (Fsp3) is 0.600. The molecule has 0 bridgehead atoms. The minimum Gasteiger partial charge on any atom is -0.382 e. The minimum atomic E-state index is 0.687. The van der Waals surface area contributed by atoms with Gasteiger partial charge < -0.3 is 5.32 Å². The highest BCUT2D eigenvalue weighted by Crippen LogP contribution is 2.23.